The number of hydrogen-bond acceptors (Lipinski definition) is 2. The summed E-state index contributed by atoms with van der Waals surface area (Å²) in [5.41, 5.74) is 6.42. The van der Waals surface area contributed by atoms with Gasteiger partial charge < -0.3 is 10.6 Å². The molecule has 1 aliphatic heterocycles. The van der Waals surface area contributed by atoms with Crippen LogP contribution < -0.4 is 5.73 Å². The van der Waals surface area contributed by atoms with Gasteiger partial charge in [-0.2, -0.15) is 0 Å². The monoisotopic (exact) mass is 260 g/mol. The van der Waals surface area contributed by atoms with Crippen LogP contribution in [0.1, 0.15) is 32.8 Å². The lowest BCUT2D eigenvalue weighted by Gasteiger charge is -2.34. The standard InChI is InChI=1S/C16H24N2O/c1-12-9-10-18(14(12)11-17)15(19)16(2,3)13-7-5-4-6-8-13/h4-8,12,14H,9-11,17H2,1-3H3. The minimum atomic E-state index is -0.487. The molecular formula is C16H24N2O. The van der Waals surface area contributed by atoms with Gasteiger partial charge >= 0.3 is 0 Å². The van der Waals surface area contributed by atoms with Crippen LogP contribution in [0.15, 0.2) is 30.3 Å². The van der Waals surface area contributed by atoms with Crippen molar-refractivity contribution in [3.05, 3.63) is 35.9 Å². The number of likely N-dealkylation sites (tertiary alicyclic amines) is 1. The first kappa shape index (κ1) is 14.1. The van der Waals surface area contributed by atoms with Gasteiger partial charge in [0.1, 0.15) is 0 Å². The molecule has 2 N–H and O–H groups in total. The fraction of sp³-hybridized carbons (Fsp3) is 0.562. The molecular weight excluding hydrogens is 236 g/mol. The Hall–Kier alpha value is -1.35. The minimum absolute atomic E-state index is 0.190. The van der Waals surface area contributed by atoms with Crippen molar-refractivity contribution in [3.8, 4) is 0 Å². The van der Waals surface area contributed by atoms with Crippen LogP contribution in [0.3, 0.4) is 0 Å². The smallest absolute Gasteiger partial charge is 0.232 e. The zero-order valence-electron chi connectivity index (χ0n) is 12.1. The molecule has 19 heavy (non-hydrogen) atoms. The summed E-state index contributed by atoms with van der Waals surface area (Å²) in [5.74, 6) is 0.694. The van der Waals surface area contributed by atoms with Gasteiger partial charge in [-0.3, -0.25) is 4.79 Å². The fourth-order valence-electron chi connectivity index (χ4n) is 2.96. The number of carbonyl (C=O) groups is 1. The summed E-state index contributed by atoms with van der Waals surface area (Å²) in [5, 5.41) is 0. The van der Waals surface area contributed by atoms with Crippen molar-refractivity contribution in [2.75, 3.05) is 13.1 Å². The molecule has 2 unspecified atom stereocenters. The first-order valence-corrected chi connectivity index (χ1v) is 7.05. The molecule has 1 fully saturated rings. The second-order valence-electron chi connectivity index (χ2n) is 6.06. The summed E-state index contributed by atoms with van der Waals surface area (Å²) >= 11 is 0. The molecule has 1 aromatic carbocycles. The van der Waals surface area contributed by atoms with Crippen molar-refractivity contribution in [3.63, 3.8) is 0 Å². The number of amides is 1. The fourth-order valence-corrected chi connectivity index (χ4v) is 2.96. The lowest BCUT2D eigenvalue weighted by molar-refractivity contribution is -0.137. The molecule has 2 atom stereocenters. The van der Waals surface area contributed by atoms with E-state index in [1.54, 1.807) is 0 Å². The van der Waals surface area contributed by atoms with E-state index in [2.05, 4.69) is 6.92 Å². The maximum absolute atomic E-state index is 12.9. The van der Waals surface area contributed by atoms with E-state index in [4.69, 9.17) is 5.73 Å². The number of hydrogen-bond donors (Lipinski definition) is 1. The lowest BCUT2D eigenvalue weighted by atomic mass is 9.83. The third-order valence-corrected chi connectivity index (χ3v) is 4.42. The summed E-state index contributed by atoms with van der Waals surface area (Å²) in [7, 11) is 0. The summed E-state index contributed by atoms with van der Waals surface area (Å²) in [6.45, 7) is 7.57. The Bertz CT molecular complexity index is 441. The normalized spacial score (nSPS) is 23.7. The average Bonchev–Trinajstić information content (AvgIpc) is 2.79. The molecule has 1 aliphatic rings. The number of rotatable bonds is 3. The van der Waals surface area contributed by atoms with Gasteiger partial charge in [0, 0.05) is 19.1 Å². The van der Waals surface area contributed by atoms with E-state index >= 15 is 0 Å². The summed E-state index contributed by atoms with van der Waals surface area (Å²) in [6, 6.07) is 10.2. The van der Waals surface area contributed by atoms with Crippen molar-refractivity contribution in [1.29, 1.82) is 0 Å². The SMILES string of the molecule is CC1CCN(C(=O)C(C)(C)c2ccccc2)C1CN. The molecule has 3 heteroatoms. The van der Waals surface area contributed by atoms with Gasteiger partial charge in [-0.05, 0) is 31.7 Å². The van der Waals surface area contributed by atoms with Gasteiger partial charge in [-0.1, -0.05) is 37.3 Å². The topological polar surface area (TPSA) is 46.3 Å². The van der Waals surface area contributed by atoms with E-state index in [0.717, 1.165) is 18.5 Å². The maximum atomic E-state index is 12.9. The Morgan fingerprint density at radius 3 is 2.58 bits per heavy atom. The molecule has 0 radical (unpaired) electrons. The molecule has 1 heterocycles. The number of carbonyl (C=O) groups excluding carboxylic acids is 1. The van der Waals surface area contributed by atoms with Gasteiger partial charge in [0.05, 0.1) is 5.41 Å². The van der Waals surface area contributed by atoms with Crippen LogP contribution in [-0.2, 0) is 10.2 Å². The highest BCUT2D eigenvalue weighted by Crippen LogP contribution is 2.31. The molecule has 0 aromatic heterocycles. The summed E-state index contributed by atoms with van der Waals surface area (Å²) in [4.78, 5) is 14.8. The summed E-state index contributed by atoms with van der Waals surface area (Å²) < 4.78 is 0. The van der Waals surface area contributed by atoms with Crippen molar-refractivity contribution in [1.82, 2.24) is 4.90 Å². The third-order valence-electron chi connectivity index (χ3n) is 4.42. The van der Waals surface area contributed by atoms with Crippen molar-refractivity contribution in [2.45, 2.75) is 38.6 Å². The van der Waals surface area contributed by atoms with Crippen molar-refractivity contribution >= 4 is 5.91 Å². The number of benzene rings is 1. The van der Waals surface area contributed by atoms with Crippen LogP contribution >= 0.6 is 0 Å². The second-order valence-corrected chi connectivity index (χ2v) is 6.06. The van der Waals surface area contributed by atoms with E-state index in [1.807, 2.05) is 49.1 Å². The zero-order valence-corrected chi connectivity index (χ0v) is 12.1. The van der Waals surface area contributed by atoms with Gasteiger partial charge in [0.15, 0.2) is 0 Å². The lowest BCUT2D eigenvalue weighted by Crippen LogP contribution is -2.49. The van der Waals surface area contributed by atoms with E-state index in [-0.39, 0.29) is 11.9 Å². The molecule has 1 amide bonds. The van der Waals surface area contributed by atoms with E-state index < -0.39 is 5.41 Å². The minimum Gasteiger partial charge on any atom is -0.337 e. The first-order chi connectivity index (χ1) is 8.98. The Morgan fingerprint density at radius 2 is 2.00 bits per heavy atom. The van der Waals surface area contributed by atoms with E-state index in [1.165, 1.54) is 0 Å². The molecule has 0 saturated carbocycles. The molecule has 104 valence electrons. The predicted octanol–water partition coefficient (Wildman–Crippen LogP) is 2.16. The predicted molar refractivity (Wildman–Crippen MR) is 77.8 cm³/mol. The van der Waals surface area contributed by atoms with Crippen molar-refractivity contribution < 1.29 is 4.79 Å². The largest absolute Gasteiger partial charge is 0.337 e. The van der Waals surface area contributed by atoms with Crippen molar-refractivity contribution in [2.24, 2.45) is 11.7 Å². The molecule has 0 spiro atoms. The average molecular weight is 260 g/mol. The third kappa shape index (κ3) is 2.52. The van der Waals surface area contributed by atoms with Crippen LogP contribution in [0, 0.1) is 5.92 Å². The van der Waals surface area contributed by atoms with Crippen LogP contribution in [0.5, 0.6) is 0 Å². The highest BCUT2D eigenvalue weighted by Gasteiger charge is 2.40. The van der Waals surface area contributed by atoms with E-state index in [9.17, 15) is 4.79 Å². The quantitative estimate of drug-likeness (QED) is 0.905. The molecule has 3 nitrogen and oxygen atoms in total. The number of nitrogens with zero attached hydrogens (tertiary/aromatic N) is 1. The second kappa shape index (κ2) is 5.33. The van der Waals surface area contributed by atoms with Crippen LogP contribution in [0.2, 0.25) is 0 Å². The Balaban J connectivity index is 2.24. The maximum Gasteiger partial charge on any atom is 0.232 e. The van der Waals surface area contributed by atoms with Gasteiger partial charge in [0.25, 0.3) is 0 Å². The Morgan fingerprint density at radius 1 is 1.37 bits per heavy atom. The van der Waals surface area contributed by atoms with Crippen LogP contribution in [0.25, 0.3) is 0 Å². The summed E-state index contributed by atoms with van der Waals surface area (Å²) in [6.07, 6.45) is 1.05. The first-order valence-electron chi connectivity index (χ1n) is 7.05. The molecule has 2 rings (SSSR count). The molecule has 1 aromatic rings. The Kier molecular flexibility index (Phi) is 3.95. The molecule has 1 saturated heterocycles. The molecule has 0 bridgehead atoms. The van der Waals surface area contributed by atoms with E-state index in [0.29, 0.717) is 12.5 Å². The van der Waals surface area contributed by atoms with Crippen LogP contribution in [-0.4, -0.2) is 29.9 Å². The molecule has 0 aliphatic carbocycles. The van der Waals surface area contributed by atoms with Gasteiger partial charge in [-0.15, -0.1) is 0 Å². The highest BCUT2D eigenvalue weighted by atomic mass is 16.2. The zero-order chi connectivity index (χ0) is 14.0. The number of nitrogens with two attached hydrogens (primary N) is 1. The highest BCUT2D eigenvalue weighted by molar-refractivity contribution is 5.88. The van der Waals surface area contributed by atoms with Gasteiger partial charge in [-0.25, -0.2) is 0 Å². The Labute approximate surface area is 115 Å². The van der Waals surface area contributed by atoms with Gasteiger partial charge in [0.2, 0.25) is 5.91 Å². The van der Waals surface area contributed by atoms with Crippen LogP contribution in [0.4, 0.5) is 0 Å².